The number of nitrogens with zero attached hydrogens (tertiary/aromatic N) is 1. The molecule has 0 unspecified atom stereocenters. The van der Waals surface area contributed by atoms with Gasteiger partial charge in [0.2, 0.25) is 5.22 Å². The van der Waals surface area contributed by atoms with Gasteiger partial charge in [0.25, 0.3) is 11.3 Å². The molecule has 0 saturated heterocycles. The highest BCUT2D eigenvalue weighted by molar-refractivity contribution is 7.99. The van der Waals surface area contributed by atoms with Gasteiger partial charge in [-0.1, -0.05) is 11.8 Å². The van der Waals surface area contributed by atoms with E-state index in [0.717, 1.165) is 6.08 Å². The number of aromatic nitrogens is 1. The molecule has 0 bridgehead atoms. The van der Waals surface area contributed by atoms with Gasteiger partial charge in [0.05, 0.1) is 5.69 Å². The Bertz CT molecular complexity index is 317. The van der Waals surface area contributed by atoms with Crippen LogP contribution >= 0.6 is 23.4 Å². The van der Waals surface area contributed by atoms with E-state index in [-0.39, 0.29) is 11.6 Å². The lowest BCUT2D eigenvalue weighted by atomic mass is 10.5. The molecule has 0 spiro atoms. The second kappa shape index (κ2) is 5.36. The SMILES string of the molecule is Cc1nc(SCCC=C(F)F)oc1Cl. The molecule has 0 fully saturated rings. The first-order chi connectivity index (χ1) is 6.59. The maximum atomic E-state index is 11.6. The molecule has 0 aliphatic heterocycles. The molecular weight excluding hydrogens is 232 g/mol. The number of halogens is 3. The Morgan fingerprint density at radius 1 is 1.64 bits per heavy atom. The van der Waals surface area contributed by atoms with Crippen molar-refractivity contribution < 1.29 is 13.2 Å². The van der Waals surface area contributed by atoms with Crippen molar-refractivity contribution in [2.24, 2.45) is 0 Å². The van der Waals surface area contributed by atoms with Crippen LogP contribution in [0.15, 0.2) is 21.8 Å². The molecule has 2 nitrogen and oxygen atoms in total. The number of thioether (sulfide) groups is 1. The van der Waals surface area contributed by atoms with Crippen LogP contribution in [0.2, 0.25) is 5.22 Å². The Hall–Kier alpha value is -0.550. The number of hydrogen-bond donors (Lipinski definition) is 0. The predicted octanol–water partition coefficient (Wildman–Crippen LogP) is 3.90. The van der Waals surface area contributed by atoms with Gasteiger partial charge in [-0.05, 0) is 31.0 Å². The van der Waals surface area contributed by atoms with Gasteiger partial charge in [0.1, 0.15) is 0 Å². The molecule has 1 rings (SSSR count). The summed E-state index contributed by atoms with van der Waals surface area (Å²) >= 11 is 6.88. The van der Waals surface area contributed by atoms with Crippen molar-refractivity contribution in [3.05, 3.63) is 23.1 Å². The van der Waals surface area contributed by atoms with Gasteiger partial charge >= 0.3 is 0 Å². The zero-order valence-corrected chi connectivity index (χ0v) is 8.96. The molecule has 0 aliphatic rings. The van der Waals surface area contributed by atoms with E-state index in [2.05, 4.69) is 4.98 Å². The summed E-state index contributed by atoms with van der Waals surface area (Å²) in [5.41, 5.74) is 0.612. The first-order valence-corrected chi connectivity index (χ1v) is 5.23. The summed E-state index contributed by atoms with van der Waals surface area (Å²) in [4.78, 5) is 3.98. The van der Waals surface area contributed by atoms with Gasteiger partial charge in [0, 0.05) is 5.75 Å². The third kappa shape index (κ3) is 3.67. The molecular formula is C8H8ClF2NOS. The smallest absolute Gasteiger partial charge is 0.266 e. The molecule has 0 saturated carbocycles. The van der Waals surface area contributed by atoms with Crippen LogP contribution in [0.1, 0.15) is 12.1 Å². The summed E-state index contributed by atoms with van der Waals surface area (Å²) in [7, 11) is 0. The van der Waals surface area contributed by atoms with Crippen LogP contribution in [0.4, 0.5) is 8.78 Å². The topological polar surface area (TPSA) is 26.0 Å². The fourth-order valence-corrected chi connectivity index (χ4v) is 1.65. The summed E-state index contributed by atoms with van der Waals surface area (Å²) in [6, 6.07) is 0. The fourth-order valence-electron chi connectivity index (χ4n) is 0.730. The summed E-state index contributed by atoms with van der Waals surface area (Å²) in [5, 5.41) is 0.667. The normalized spacial score (nSPS) is 10.3. The molecule has 0 atom stereocenters. The molecule has 1 aromatic heterocycles. The van der Waals surface area contributed by atoms with Gasteiger partial charge in [-0.3, -0.25) is 0 Å². The number of aryl methyl sites for hydroxylation is 1. The summed E-state index contributed by atoms with van der Waals surface area (Å²) < 4.78 is 28.3. The molecule has 0 N–H and O–H groups in total. The van der Waals surface area contributed by atoms with Gasteiger partial charge in [-0.15, -0.1) is 0 Å². The first-order valence-electron chi connectivity index (χ1n) is 3.86. The standard InChI is InChI=1S/C8H8ClF2NOS/c1-5-7(9)13-8(12-5)14-4-2-3-6(10)11/h3H,2,4H2,1H3. The van der Waals surface area contributed by atoms with Crippen molar-refractivity contribution in [2.45, 2.75) is 18.6 Å². The molecule has 0 aliphatic carbocycles. The van der Waals surface area contributed by atoms with Gasteiger partial charge in [-0.2, -0.15) is 8.78 Å². The Labute approximate surface area is 89.3 Å². The maximum absolute atomic E-state index is 11.6. The van der Waals surface area contributed by atoms with E-state index in [4.69, 9.17) is 16.0 Å². The quantitative estimate of drug-likeness (QED) is 0.589. The summed E-state index contributed by atoms with van der Waals surface area (Å²) in [6.45, 7) is 1.72. The van der Waals surface area contributed by atoms with E-state index in [1.807, 2.05) is 0 Å². The van der Waals surface area contributed by atoms with Crippen LogP contribution < -0.4 is 0 Å². The lowest BCUT2D eigenvalue weighted by Crippen LogP contribution is -1.77. The van der Waals surface area contributed by atoms with Crippen molar-refractivity contribution in [1.29, 1.82) is 0 Å². The molecule has 0 radical (unpaired) electrons. The minimum atomic E-state index is -1.66. The first kappa shape index (κ1) is 11.5. The van der Waals surface area contributed by atoms with Crippen LogP contribution in [0.5, 0.6) is 0 Å². The number of allylic oxidation sites excluding steroid dienone is 1. The largest absolute Gasteiger partial charge is 0.419 e. The molecule has 14 heavy (non-hydrogen) atoms. The third-order valence-electron chi connectivity index (χ3n) is 1.36. The number of oxazole rings is 1. The van der Waals surface area contributed by atoms with Crippen molar-refractivity contribution in [1.82, 2.24) is 4.98 Å². The highest BCUT2D eigenvalue weighted by atomic mass is 35.5. The van der Waals surface area contributed by atoms with Gasteiger partial charge in [0.15, 0.2) is 0 Å². The monoisotopic (exact) mass is 239 g/mol. The highest BCUT2D eigenvalue weighted by Gasteiger charge is 2.06. The Balaban J connectivity index is 2.35. The van der Waals surface area contributed by atoms with Crippen molar-refractivity contribution in [3.8, 4) is 0 Å². The molecule has 1 heterocycles. The van der Waals surface area contributed by atoms with Crippen LogP contribution in [-0.2, 0) is 0 Å². The highest BCUT2D eigenvalue weighted by Crippen LogP contribution is 2.24. The van der Waals surface area contributed by atoms with Crippen molar-refractivity contribution in [2.75, 3.05) is 5.75 Å². The number of rotatable bonds is 4. The number of hydrogen-bond acceptors (Lipinski definition) is 3. The lowest BCUT2D eigenvalue weighted by molar-refractivity contribution is 0.418. The Morgan fingerprint density at radius 2 is 2.36 bits per heavy atom. The van der Waals surface area contributed by atoms with Crippen LogP contribution in [0.25, 0.3) is 0 Å². The van der Waals surface area contributed by atoms with Crippen molar-refractivity contribution >= 4 is 23.4 Å². The van der Waals surface area contributed by atoms with Gasteiger partial charge in [-0.25, -0.2) is 4.98 Å². The Morgan fingerprint density at radius 3 is 2.86 bits per heavy atom. The zero-order valence-electron chi connectivity index (χ0n) is 7.39. The molecule has 0 amide bonds. The second-order valence-corrected chi connectivity index (χ2v) is 3.86. The fraction of sp³-hybridized carbons (Fsp3) is 0.375. The predicted molar refractivity (Wildman–Crippen MR) is 51.9 cm³/mol. The molecule has 6 heteroatoms. The summed E-state index contributed by atoms with van der Waals surface area (Å²) in [6.07, 6.45) is -0.511. The van der Waals surface area contributed by atoms with Crippen LogP contribution in [0.3, 0.4) is 0 Å². The minimum Gasteiger partial charge on any atom is -0.419 e. The Kier molecular flexibility index (Phi) is 4.41. The second-order valence-electron chi connectivity index (χ2n) is 2.47. The van der Waals surface area contributed by atoms with E-state index in [1.165, 1.54) is 11.8 Å². The average molecular weight is 240 g/mol. The minimum absolute atomic E-state index is 0.250. The lowest BCUT2D eigenvalue weighted by Gasteiger charge is -1.90. The van der Waals surface area contributed by atoms with E-state index in [9.17, 15) is 8.78 Å². The van der Waals surface area contributed by atoms with E-state index in [0.29, 0.717) is 16.7 Å². The van der Waals surface area contributed by atoms with Crippen LogP contribution in [-0.4, -0.2) is 10.7 Å². The zero-order chi connectivity index (χ0) is 10.6. The van der Waals surface area contributed by atoms with E-state index >= 15 is 0 Å². The molecule has 0 aromatic carbocycles. The van der Waals surface area contributed by atoms with E-state index < -0.39 is 6.08 Å². The van der Waals surface area contributed by atoms with E-state index in [1.54, 1.807) is 6.92 Å². The van der Waals surface area contributed by atoms with Crippen molar-refractivity contribution in [3.63, 3.8) is 0 Å². The maximum Gasteiger partial charge on any atom is 0.266 e. The van der Waals surface area contributed by atoms with Crippen LogP contribution in [0, 0.1) is 6.92 Å². The summed E-state index contributed by atoms with van der Waals surface area (Å²) in [5.74, 6) is 0.494. The third-order valence-corrected chi connectivity index (χ3v) is 2.57. The average Bonchev–Trinajstić information content (AvgIpc) is 2.40. The van der Waals surface area contributed by atoms with Gasteiger partial charge < -0.3 is 4.42 Å². The molecule has 1 aromatic rings. The molecule has 78 valence electrons.